The Balaban J connectivity index is 1.33. The summed E-state index contributed by atoms with van der Waals surface area (Å²) in [6.07, 6.45) is 11.0. The molecule has 2 aliphatic rings. The van der Waals surface area contributed by atoms with E-state index in [1.54, 1.807) is 6.20 Å². The summed E-state index contributed by atoms with van der Waals surface area (Å²) in [7, 11) is 0. The molecule has 0 unspecified atom stereocenters. The van der Waals surface area contributed by atoms with Crippen LogP contribution in [0.4, 0.5) is 0 Å². The van der Waals surface area contributed by atoms with Gasteiger partial charge in [0, 0.05) is 50.4 Å². The lowest BCUT2D eigenvalue weighted by Gasteiger charge is -2.38. The molecule has 1 aromatic heterocycles. The smallest absolute Gasteiger partial charge is 0.274 e. The van der Waals surface area contributed by atoms with Crippen LogP contribution >= 0.6 is 0 Å². The lowest BCUT2D eigenvalue weighted by Crippen LogP contribution is -2.44. The van der Waals surface area contributed by atoms with E-state index in [2.05, 4.69) is 22.1 Å². The first-order valence-corrected chi connectivity index (χ1v) is 9.70. The molecule has 4 rings (SSSR count). The minimum atomic E-state index is -0.0741. The summed E-state index contributed by atoms with van der Waals surface area (Å²) in [5.74, 6) is 0.140. The highest BCUT2D eigenvalue weighted by Gasteiger charge is 2.45. The Labute approximate surface area is 164 Å². The standard InChI is InChI=1S/C22H24N4O2/c27-20-15-22(17-26(20)12-4-7-18-5-2-1-3-6-18)8-13-25(14-9-22)21(28)19-16-23-10-11-24-19/h1-7,10-11,16H,8-9,12-15,17H2. The number of benzene rings is 1. The molecule has 0 saturated carbocycles. The van der Waals surface area contributed by atoms with Gasteiger partial charge < -0.3 is 9.80 Å². The van der Waals surface area contributed by atoms with Gasteiger partial charge in [-0.3, -0.25) is 14.6 Å². The number of amides is 2. The molecule has 0 bridgehead atoms. The van der Waals surface area contributed by atoms with Crippen LogP contribution in [0.1, 0.15) is 35.3 Å². The first-order chi connectivity index (χ1) is 13.7. The van der Waals surface area contributed by atoms with Crippen molar-refractivity contribution in [2.24, 2.45) is 5.41 Å². The minimum absolute atomic E-state index is 0.00316. The lowest BCUT2D eigenvalue weighted by atomic mass is 9.77. The summed E-state index contributed by atoms with van der Waals surface area (Å²) in [5.41, 5.74) is 1.52. The Morgan fingerprint density at radius 2 is 1.93 bits per heavy atom. The van der Waals surface area contributed by atoms with Crippen molar-refractivity contribution in [3.8, 4) is 0 Å². The van der Waals surface area contributed by atoms with Gasteiger partial charge in [0.2, 0.25) is 5.91 Å². The maximum Gasteiger partial charge on any atom is 0.274 e. The molecule has 28 heavy (non-hydrogen) atoms. The second kappa shape index (κ2) is 7.92. The van der Waals surface area contributed by atoms with Gasteiger partial charge in [0.15, 0.2) is 0 Å². The number of nitrogens with zero attached hydrogens (tertiary/aromatic N) is 4. The molecule has 1 spiro atoms. The fourth-order valence-corrected chi connectivity index (χ4v) is 4.12. The van der Waals surface area contributed by atoms with Gasteiger partial charge in [-0.2, -0.15) is 0 Å². The summed E-state index contributed by atoms with van der Waals surface area (Å²) in [4.78, 5) is 36.9. The highest BCUT2D eigenvalue weighted by molar-refractivity contribution is 5.92. The van der Waals surface area contributed by atoms with Crippen LogP contribution in [-0.4, -0.2) is 57.8 Å². The molecule has 144 valence electrons. The number of hydrogen-bond acceptors (Lipinski definition) is 4. The van der Waals surface area contributed by atoms with Crippen LogP contribution in [0.3, 0.4) is 0 Å². The zero-order valence-corrected chi connectivity index (χ0v) is 15.8. The van der Waals surface area contributed by atoms with Gasteiger partial charge in [-0.05, 0) is 18.4 Å². The van der Waals surface area contributed by atoms with Gasteiger partial charge in [-0.25, -0.2) is 4.98 Å². The fourth-order valence-electron chi connectivity index (χ4n) is 4.12. The number of likely N-dealkylation sites (tertiary alicyclic amines) is 2. The quantitative estimate of drug-likeness (QED) is 0.823. The van der Waals surface area contributed by atoms with Crippen molar-refractivity contribution in [1.82, 2.24) is 19.8 Å². The van der Waals surface area contributed by atoms with E-state index in [1.165, 1.54) is 12.4 Å². The second-order valence-corrected chi connectivity index (χ2v) is 7.65. The number of hydrogen-bond donors (Lipinski definition) is 0. The van der Waals surface area contributed by atoms with Crippen molar-refractivity contribution >= 4 is 17.9 Å². The molecule has 2 aliphatic heterocycles. The summed E-state index contributed by atoms with van der Waals surface area (Å²) in [5, 5.41) is 0. The van der Waals surface area contributed by atoms with Crippen molar-refractivity contribution < 1.29 is 9.59 Å². The fraction of sp³-hybridized carbons (Fsp3) is 0.364. The molecule has 0 radical (unpaired) electrons. The van der Waals surface area contributed by atoms with Crippen molar-refractivity contribution in [2.45, 2.75) is 19.3 Å². The molecular formula is C22H24N4O2. The predicted octanol–water partition coefficient (Wildman–Crippen LogP) is 2.64. The molecular weight excluding hydrogens is 352 g/mol. The van der Waals surface area contributed by atoms with Gasteiger partial charge in [0.1, 0.15) is 5.69 Å². The van der Waals surface area contributed by atoms with Gasteiger partial charge in [-0.15, -0.1) is 0 Å². The zero-order chi connectivity index (χ0) is 19.4. The van der Waals surface area contributed by atoms with Gasteiger partial charge in [-0.1, -0.05) is 42.5 Å². The lowest BCUT2D eigenvalue weighted by molar-refractivity contribution is -0.127. The molecule has 2 aromatic rings. The van der Waals surface area contributed by atoms with Crippen LogP contribution in [0.15, 0.2) is 55.0 Å². The SMILES string of the molecule is O=C1CC2(CCN(C(=O)c3cnccn3)CC2)CN1CC=Cc1ccccc1. The zero-order valence-electron chi connectivity index (χ0n) is 15.8. The molecule has 6 nitrogen and oxygen atoms in total. The van der Waals surface area contributed by atoms with Crippen molar-refractivity contribution in [3.05, 3.63) is 66.3 Å². The number of rotatable bonds is 4. The van der Waals surface area contributed by atoms with Gasteiger partial charge in [0.05, 0.1) is 6.20 Å². The topological polar surface area (TPSA) is 66.4 Å². The van der Waals surface area contributed by atoms with E-state index in [-0.39, 0.29) is 17.2 Å². The second-order valence-electron chi connectivity index (χ2n) is 7.65. The third kappa shape index (κ3) is 3.96. The van der Waals surface area contributed by atoms with Gasteiger partial charge in [0.25, 0.3) is 5.91 Å². The average Bonchev–Trinajstić information content (AvgIpc) is 3.04. The number of piperidine rings is 1. The Bertz CT molecular complexity index is 859. The Hall–Kier alpha value is -3.02. The molecule has 0 aliphatic carbocycles. The number of aromatic nitrogens is 2. The molecule has 6 heteroatoms. The number of carbonyl (C=O) groups is 2. The van der Waals surface area contributed by atoms with E-state index < -0.39 is 0 Å². The van der Waals surface area contributed by atoms with E-state index in [1.807, 2.05) is 40.1 Å². The summed E-state index contributed by atoms with van der Waals surface area (Å²) < 4.78 is 0. The normalized spacial score (nSPS) is 18.9. The predicted molar refractivity (Wildman–Crippen MR) is 106 cm³/mol. The highest BCUT2D eigenvalue weighted by atomic mass is 16.2. The summed E-state index contributed by atoms with van der Waals surface area (Å²) in [6.45, 7) is 2.74. The Morgan fingerprint density at radius 1 is 1.14 bits per heavy atom. The van der Waals surface area contributed by atoms with Crippen molar-refractivity contribution in [3.63, 3.8) is 0 Å². The van der Waals surface area contributed by atoms with Crippen molar-refractivity contribution in [2.75, 3.05) is 26.2 Å². The summed E-state index contributed by atoms with van der Waals surface area (Å²) in [6, 6.07) is 10.1. The molecule has 0 atom stereocenters. The van der Waals surface area contributed by atoms with Crippen LogP contribution in [0.2, 0.25) is 0 Å². The highest BCUT2D eigenvalue weighted by Crippen LogP contribution is 2.41. The third-order valence-electron chi connectivity index (χ3n) is 5.73. The van der Waals surface area contributed by atoms with Crippen LogP contribution in [0.25, 0.3) is 6.08 Å². The Kier molecular flexibility index (Phi) is 5.19. The molecule has 1 aromatic carbocycles. The minimum Gasteiger partial charge on any atom is -0.338 e. The first kappa shape index (κ1) is 18.3. The van der Waals surface area contributed by atoms with Crippen LogP contribution < -0.4 is 0 Å². The monoisotopic (exact) mass is 376 g/mol. The molecule has 2 amide bonds. The van der Waals surface area contributed by atoms with Crippen molar-refractivity contribution in [1.29, 1.82) is 0 Å². The van der Waals surface area contributed by atoms with E-state index in [0.29, 0.717) is 31.7 Å². The average molecular weight is 376 g/mol. The maximum absolute atomic E-state index is 12.5. The number of carbonyl (C=O) groups excluding carboxylic acids is 2. The maximum atomic E-state index is 12.5. The van der Waals surface area contributed by atoms with E-state index >= 15 is 0 Å². The van der Waals surface area contributed by atoms with Crippen LogP contribution in [0, 0.1) is 5.41 Å². The molecule has 2 saturated heterocycles. The Morgan fingerprint density at radius 3 is 2.64 bits per heavy atom. The van der Waals surface area contributed by atoms with Gasteiger partial charge >= 0.3 is 0 Å². The largest absolute Gasteiger partial charge is 0.338 e. The van der Waals surface area contributed by atoms with Crippen LogP contribution in [-0.2, 0) is 4.79 Å². The molecule has 2 fully saturated rings. The van der Waals surface area contributed by atoms with E-state index in [4.69, 9.17) is 0 Å². The summed E-state index contributed by atoms with van der Waals surface area (Å²) >= 11 is 0. The van der Waals surface area contributed by atoms with Crippen LogP contribution in [0.5, 0.6) is 0 Å². The third-order valence-corrected chi connectivity index (χ3v) is 5.73. The van der Waals surface area contributed by atoms with E-state index in [9.17, 15) is 9.59 Å². The van der Waals surface area contributed by atoms with E-state index in [0.717, 1.165) is 24.9 Å². The molecule has 3 heterocycles. The molecule has 0 N–H and O–H groups in total. The first-order valence-electron chi connectivity index (χ1n) is 9.70.